The van der Waals surface area contributed by atoms with E-state index >= 15 is 0 Å². The summed E-state index contributed by atoms with van der Waals surface area (Å²) in [5, 5.41) is 4.33. The van der Waals surface area contributed by atoms with Crippen molar-refractivity contribution in [2.75, 3.05) is 26.2 Å². The minimum absolute atomic E-state index is 0.613. The van der Waals surface area contributed by atoms with Crippen LogP contribution in [0.2, 0.25) is 5.02 Å². The lowest BCUT2D eigenvalue weighted by molar-refractivity contribution is 0.189. The van der Waals surface area contributed by atoms with Gasteiger partial charge in [-0.2, -0.15) is 0 Å². The third-order valence-corrected chi connectivity index (χ3v) is 4.30. The van der Waals surface area contributed by atoms with Crippen LogP contribution in [0.25, 0.3) is 0 Å². The summed E-state index contributed by atoms with van der Waals surface area (Å²) in [6.45, 7) is 4.67. The van der Waals surface area contributed by atoms with Crippen molar-refractivity contribution in [1.82, 2.24) is 10.2 Å². The number of hydrogen-bond donors (Lipinski definition) is 1. The van der Waals surface area contributed by atoms with Crippen molar-refractivity contribution >= 4 is 11.6 Å². The van der Waals surface area contributed by atoms with Gasteiger partial charge in [0.25, 0.3) is 0 Å². The molecule has 1 saturated carbocycles. The van der Waals surface area contributed by atoms with Crippen LogP contribution in [0.5, 0.6) is 0 Å². The fourth-order valence-corrected chi connectivity index (χ4v) is 3.12. The first-order valence-corrected chi connectivity index (χ1v) is 7.42. The van der Waals surface area contributed by atoms with E-state index in [1.807, 2.05) is 12.1 Å². The Labute approximate surface area is 114 Å². The molecule has 1 atom stereocenters. The molecule has 2 nitrogen and oxygen atoms in total. The van der Waals surface area contributed by atoms with Crippen molar-refractivity contribution in [2.24, 2.45) is 5.92 Å². The van der Waals surface area contributed by atoms with Crippen molar-refractivity contribution in [1.29, 1.82) is 0 Å². The summed E-state index contributed by atoms with van der Waals surface area (Å²) >= 11 is 6.00. The van der Waals surface area contributed by atoms with E-state index in [1.165, 1.54) is 37.9 Å². The molecular weight excluding hydrogens is 244 g/mol. The van der Waals surface area contributed by atoms with Crippen LogP contribution in [0.4, 0.5) is 0 Å². The number of nitrogens with zero attached hydrogens (tertiary/aromatic N) is 1. The summed E-state index contributed by atoms with van der Waals surface area (Å²) in [5.74, 6) is 0.865. The van der Waals surface area contributed by atoms with Gasteiger partial charge in [-0.25, -0.2) is 0 Å². The summed E-state index contributed by atoms with van der Waals surface area (Å²) in [6.07, 6.45) is 4.03. The molecule has 1 aliphatic carbocycles. The third-order valence-electron chi connectivity index (χ3n) is 4.05. The molecular formula is C15H21ClN2. The lowest BCUT2D eigenvalue weighted by Gasteiger charge is -2.31. The average molecular weight is 265 g/mol. The summed E-state index contributed by atoms with van der Waals surface area (Å²) < 4.78 is 0. The molecule has 1 aromatic rings. The third kappa shape index (κ3) is 2.87. The van der Waals surface area contributed by atoms with Gasteiger partial charge in [0.05, 0.1) is 0 Å². The van der Waals surface area contributed by atoms with Crippen LogP contribution in [-0.2, 0) is 0 Å². The van der Waals surface area contributed by atoms with E-state index in [-0.39, 0.29) is 0 Å². The second-order valence-corrected chi connectivity index (χ2v) is 5.91. The van der Waals surface area contributed by atoms with Crippen molar-refractivity contribution < 1.29 is 0 Å². The first-order valence-electron chi connectivity index (χ1n) is 7.05. The molecule has 0 amide bonds. The minimum Gasteiger partial charge on any atom is -0.315 e. The van der Waals surface area contributed by atoms with Gasteiger partial charge in [0, 0.05) is 30.7 Å². The minimum atomic E-state index is 0.613. The zero-order chi connectivity index (χ0) is 12.4. The molecule has 0 aromatic heterocycles. The molecule has 2 fully saturated rings. The highest BCUT2D eigenvalue weighted by atomic mass is 35.5. The molecule has 3 heteroatoms. The van der Waals surface area contributed by atoms with Gasteiger partial charge >= 0.3 is 0 Å². The Morgan fingerprint density at radius 1 is 1.11 bits per heavy atom. The molecule has 98 valence electrons. The molecule has 2 aliphatic rings. The number of rotatable bonds is 3. The summed E-state index contributed by atoms with van der Waals surface area (Å²) in [7, 11) is 0. The lowest BCUT2D eigenvalue weighted by Crippen LogP contribution is -2.33. The largest absolute Gasteiger partial charge is 0.315 e. The molecule has 1 saturated heterocycles. The topological polar surface area (TPSA) is 15.3 Å². The molecule has 0 spiro atoms. The average Bonchev–Trinajstić information content (AvgIpc) is 3.20. The van der Waals surface area contributed by atoms with Crippen molar-refractivity contribution in [3.8, 4) is 0 Å². The van der Waals surface area contributed by atoms with Crippen LogP contribution in [0, 0.1) is 5.92 Å². The van der Waals surface area contributed by atoms with Crippen molar-refractivity contribution in [3.63, 3.8) is 0 Å². The Balaban J connectivity index is 1.80. The molecule has 1 aromatic carbocycles. The Morgan fingerprint density at radius 3 is 2.61 bits per heavy atom. The standard InChI is InChI=1S/C15H21ClN2/c16-14-6-4-13(5-7-14)15(12-2-3-12)18-10-1-8-17-9-11-18/h4-7,12,15,17H,1-3,8-11H2. The van der Waals surface area contributed by atoms with E-state index in [0.29, 0.717) is 6.04 Å². The van der Waals surface area contributed by atoms with E-state index in [1.54, 1.807) is 0 Å². The van der Waals surface area contributed by atoms with Crippen LogP contribution in [0.3, 0.4) is 0 Å². The summed E-state index contributed by atoms with van der Waals surface area (Å²) in [6, 6.07) is 9.10. The smallest absolute Gasteiger partial charge is 0.0406 e. The fraction of sp³-hybridized carbons (Fsp3) is 0.600. The Kier molecular flexibility index (Phi) is 3.88. The predicted octanol–water partition coefficient (Wildman–Crippen LogP) is 3.09. The number of benzene rings is 1. The van der Waals surface area contributed by atoms with Crippen LogP contribution < -0.4 is 5.32 Å². The SMILES string of the molecule is Clc1ccc(C(C2CC2)N2CCCNCC2)cc1. The van der Waals surface area contributed by atoms with Gasteiger partial charge in [0.15, 0.2) is 0 Å². The highest BCUT2D eigenvalue weighted by Crippen LogP contribution is 2.44. The Hall–Kier alpha value is -0.570. The lowest BCUT2D eigenvalue weighted by atomic mass is 10.0. The molecule has 1 heterocycles. The molecule has 18 heavy (non-hydrogen) atoms. The van der Waals surface area contributed by atoms with Crippen molar-refractivity contribution in [2.45, 2.75) is 25.3 Å². The Morgan fingerprint density at radius 2 is 1.89 bits per heavy atom. The number of nitrogens with one attached hydrogen (secondary N) is 1. The highest BCUT2D eigenvalue weighted by Gasteiger charge is 2.36. The number of halogens is 1. The highest BCUT2D eigenvalue weighted by molar-refractivity contribution is 6.30. The maximum absolute atomic E-state index is 6.00. The first kappa shape index (κ1) is 12.5. The van der Waals surface area contributed by atoms with Crippen molar-refractivity contribution in [3.05, 3.63) is 34.9 Å². The van der Waals surface area contributed by atoms with Gasteiger partial charge < -0.3 is 5.32 Å². The maximum Gasteiger partial charge on any atom is 0.0406 e. The summed E-state index contributed by atoms with van der Waals surface area (Å²) in [4.78, 5) is 2.67. The fourth-order valence-electron chi connectivity index (χ4n) is 3.00. The second-order valence-electron chi connectivity index (χ2n) is 5.47. The second kappa shape index (κ2) is 5.60. The van der Waals surface area contributed by atoms with E-state index in [0.717, 1.165) is 24.0 Å². The van der Waals surface area contributed by atoms with Crippen LogP contribution in [0.15, 0.2) is 24.3 Å². The van der Waals surface area contributed by atoms with Gasteiger partial charge in [-0.1, -0.05) is 23.7 Å². The Bertz CT molecular complexity index is 378. The zero-order valence-electron chi connectivity index (χ0n) is 10.7. The first-order chi connectivity index (χ1) is 8.84. The van der Waals surface area contributed by atoms with E-state index < -0.39 is 0 Å². The van der Waals surface area contributed by atoms with Crippen LogP contribution in [0.1, 0.15) is 30.9 Å². The molecule has 3 rings (SSSR count). The predicted molar refractivity (Wildman–Crippen MR) is 76.0 cm³/mol. The molecule has 0 bridgehead atoms. The maximum atomic E-state index is 6.00. The van der Waals surface area contributed by atoms with Crippen LogP contribution >= 0.6 is 11.6 Å². The van der Waals surface area contributed by atoms with Gasteiger partial charge in [-0.05, 0) is 49.4 Å². The van der Waals surface area contributed by atoms with Gasteiger partial charge in [0.2, 0.25) is 0 Å². The van der Waals surface area contributed by atoms with Gasteiger partial charge in [0.1, 0.15) is 0 Å². The zero-order valence-corrected chi connectivity index (χ0v) is 11.5. The number of hydrogen-bond acceptors (Lipinski definition) is 2. The van der Waals surface area contributed by atoms with E-state index in [2.05, 4.69) is 22.3 Å². The quantitative estimate of drug-likeness (QED) is 0.903. The monoisotopic (exact) mass is 264 g/mol. The molecule has 1 N–H and O–H groups in total. The van der Waals surface area contributed by atoms with E-state index in [9.17, 15) is 0 Å². The van der Waals surface area contributed by atoms with E-state index in [4.69, 9.17) is 11.6 Å². The molecule has 1 unspecified atom stereocenters. The summed E-state index contributed by atoms with van der Waals surface area (Å²) in [5.41, 5.74) is 1.45. The van der Waals surface area contributed by atoms with Gasteiger partial charge in [-0.3, -0.25) is 4.90 Å². The molecule has 0 radical (unpaired) electrons. The molecule has 1 aliphatic heterocycles. The van der Waals surface area contributed by atoms with Gasteiger partial charge in [-0.15, -0.1) is 0 Å². The normalized spacial score (nSPS) is 23.6. The van der Waals surface area contributed by atoms with Crippen LogP contribution in [-0.4, -0.2) is 31.1 Å².